The van der Waals surface area contributed by atoms with Gasteiger partial charge in [-0.25, -0.2) is 19.2 Å². The van der Waals surface area contributed by atoms with Gasteiger partial charge in [0.25, 0.3) is 0 Å². The summed E-state index contributed by atoms with van der Waals surface area (Å²) in [4.78, 5) is 47.9. The van der Waals surface area contributed by atoms with Crippen LogP contribution in [0.25, 0.3) is 5.69 Å². The molecule has 0 atom stereocenters. The van der Waals surface area contributed by atoms with Crippen molar-refractivity contribution in [1.29, 1.82) is 0 Å². The summed E-state index contributed by atoms with van der Waals surface area (Å²) < 4.78 is 7.37. The lowest BCUT2D eigenvalue weighted by molar-refractivity contribution is -0.134. The summed E-state index contributed by atoms with van der Waals surface area (Å²) >= 11 is 6.41. The number of carboxylic acids is 4. The summed E-state index contributed by atoms with van der Waals surface area (Å²) in [6.45, 7) is 5.94. The molecule has 3 heterocycles. The Hall–Kier alpha value is -5.38. The molecular formula is C31H33ClN6O9. The minimum atomic E-state index is -1.26. The van der Waals surface area contributed by atoms with Crippen molar-refractivity contribution in [2.45, 2.75) is 6.54 Å². The Morgan fingerprint density at radius 1 is 0.830 bits per heavy atom. The Bertz CT molecular complexity index is 1580. The van der Waals surface area contributed by atoms with Gasteiger partial charge in [-0.1, -0.05) is 41.9 Å². The number of benzene rings is 2. The number of hydrogen-bond donors (Lipinski definition) is 4. The summed E-state index contributed by atoms with van der Waals surface area (Å²) in [7, 11) is 1.75. The molecule has 2 aliphatic rings. The molecule has 15 nitrogen and oxygen atoms in total. The van der Waals surface area contributed by atoms with Gasteiger partial charge < -0.3 is 30.1 Å². The van der Waals surface area contributed by atoms with Crippen molar-refractivity contribution in [2.24, 2.45) is 4.99 Å². The second kappa shape index (κ2) is 17.9. The van der Waals surface area contributed by atoms with E-state index >= 15 is 0 Å². The van der Waals surface area contributed by atoms with Gasteiger partial charge in [0.15, 0.2) is 5.82 Å². The van der Waals surface area contributed by atoms with Gasteiger partial charge in [-0.15, -0.1) is 10.2 Å². The van der Waals surface area contributed by atoms with Gasteiger partial charge in [0.05, 0.1) is 18.0 Å². The molecule has 0 bridgehead atoms. The van der Waals surface area contributed by atoms with E-state index in [9.17, 15) is 19.2 Å². The molecule has 47 heavy (non-hydrogen) atoms. The fourth-order valence-corrected chi connectivity index (χ4v) is 4.68. The standard InChI is InChI=1S/C23H25ClN6O.2C4H4O4/c1-31-14-13-28-9-11-29(12-10-28)23-27-26-21-16-25-22(17-5-3-2-4-6-17)19-15-18(24)7-8-20(19)30(21)23;2*5-3(6)1-2-4(7)8/h2-8,15H,9-14,16H2,1H3;2*1-2H,(H,5,6)(H,7,8)/b;2*2-1+. The van der Waals surface area contributed by atoms with Gasteiger partial charge >= 0.3 is 23.9 Å². The predicted molar refractivity (Wildman–Crippen MR) is 172 cm³/mol. The molecule has 0 amide bonds. The van der Waals surface area contributed by atoms with Crippen molar-refractivity contribution >= 4 is 47.1 Å². The van der Waals surface area contributed by atoms with Crippen molar-refractivity contribution in [3.05, 3.63) is 94.8 Å². The topological polar surface area (TPSA) is 208 Å². The minimum Gasteiger partial charge on any atom is -0.478 e. The van der Waals surface area contributed by atoms with Gasteiger partial charge in [-0.2, -0.15) is 0 Å². The second-order valence-corrected chi connectivity index (χ2v) is 10.2. The van der Waals surface area contributed by atoms with Crippen molar-refractivity contribution in [2.75, 3.05) is 51.3 Å². The van der Waals surface area contributed by atoms with Crippen LogP contribution >= 0.6 is 11.6 Å². The average Bonchev–Trinajstić information content (AvgIpc) is 3.40. The van der Waals surface area contributed by atoms with Gasteiger partial charge in [-0.3, -0.25) is 14.5 Å². The van der Waals surface area contributed by atoms with Crippen LogP contribution in [0.15, 0.2) is 77.8 Å². The quantitative estimate of drug-likeness (QED) is 0.242. The van der Waals surface area contributed by atoms with Gasteiger partial charge in [0, 0.05) is 80.3 Å². The number of ether oxygens (including phenoxy) is 1. The van der Waals surface area contributed by atoms with Crippen LogP contribution in [0.5, 0.6) is 0 Å². The molecular weight excluding hydrogens is 636 g/mol. The van der Waals surface area contributed by atoms with Crippen molar-refractivity contribution in [1.82, 2.24) is 19.7 Å². The molecule has 248 valence electrons. The second-order valence-electron chi connectivity index (χ2n) is 9.79. The number of aliphatic carboxylic acids is 4. The minimum absolute atomic E-state index is 0.470. The number of methoxy groups -OCH3 is 1. The average molecular weight is 669 g/mol. The first-order chi connectivity index (χ1) is 22.5. The first-order valence-electron chi connectivity index (χ1n) is 14.1. The molecule has 16 heteroatoms. The van der Waals surface area contributed by atoms with Crippen molar-refractivity contribution in [3.63, 3.8) is 0 Å². The number of aromatic nitrogens is 3. The molecule has 0 saturated carbocycles. The molecule has 0 spiro atoms. The Balaban J connectivity index is 0.000000312. The summed E-state index contributed by atoms with van der Waals surface area (Å²) in [5, 5.41) is 41.0. The lowest BCUT2D eigenvalue weighted by Crippen LogP contribution is -2.48. The molecule has 2 aromatic carbocycles. The fraction of sp³-hybridized carbons (Fsp3) is 0.258. The number of carbonyl (C=O) groups is 4. The van der Waals surface area contributed by atoms with Crippen LogP contribution in [-0.2, 0) is 30.5 Å². The summed E-state index contributed by atoms with van der Waals surface area (Å²) in [6, 6.07) is 16.2. The number of nitrogens with zero attached hydrogens (tertiary/aromatic N) is 6. The van der Waals surface area contributed by atoms with Crippen LogP contribution < -0.4 is 4.90 Å². The third-order valence-electron chi connectivity index (χ3n) is 6.60. The normalized spacial score (nSPS) is 14.1. The number of carboxylic acid groups (broad SMARTS) is 4. The third-order valence-corrected chi connectivity index (χ3v) is 6.83. The third kappa shape index (κ3) is 11.2. The van der Waals surface area contributed by atoms with E-state index in [1.807, 2.05) is 36.4 Å². The molecule has 0 unspecified atom stereocenters. The highest BCUT2D eigenvalue weighted by atomic mass is 35.5. The van der Waals surface area contributed by atoms with E-state index in [0.29, 0.717) is 35.9 Å². The lowest BCUT2D eigenvalue weighted by Gasteiger charge is -2.35. The number of hydrogen-bond acceptors (Lipinski definition) is 10. The Labute approximate surface area is 274 Å². The van der Waals surface area contributed by atoms with E-state index in [-0.39, 0.29) is 0 Å². The maximum atomic E-state index is 9.55. The van der Waals surface area contributed by atoms with Gasteiger partial charge in [-0.05, 0) is 18.2 Å². The fourth-order valence-electron chi connectivity index (χ4n) is 4.51. The van der Waals surface area contributed by atoms with Crippen molar-refractivity contribution < 1.29 is 44.3 Å². The van der Waals surface area contributed by atoms with E-state index in [1.54, 1.807) is 7.11 Å². The highest BCUT2D eigenvalue weighted by Crippen LogP contribution is 2.31. The molecule has 5 rings (SSSR count). The van der Waals surface area contributed by atoms with Crippen LogP contribution in [0.2, 0.25) is 5.02 Å². The molecule has 1 aromatic heterocycles. The zero-order valence-corrected chi connectivity index (χ0v) is 26.0. The number of piperazine rings is 1. The van der Waals surface area contributed by atoms with Crippen LogP contribution in [0, 0.1) is 0 Å². The summed E-state index contributed by atoms with van der Waals surface area (Å²) in [5.74, 6) is -3.32. The van der Waals surface area contributed by atoms with Gasteiger partial charge in [0.1, 0.15) is 6.54 Å². The molecule has 4 N–H and O–H groups in total. The smallest absolute Gasteiger partial charge is 0.328 e. The lowest BCUT2D eigenvalue weighted by atomic mass is 10.0. The predicted octanol–water partition coefficient (Wildman–Crippen LogP) is 2.46. The maximum Gasteiger partial charge on any atom is 0.328 e. The van der Waals surface area contributed by atoms with E-state index in [0.717, 1.165) is 73.6 Å². The zero-order valence-electron chi connectivity index (χ0n) is 25.3. The molecule has 1 saturated heterocycles. The Kier molecular flexibility index (Phi) is 13.8. The molecule has 0 aliphatic carbocycles. The molecule has 1 fully saturated rings. The van der Waals surface area contributed by atoms with Crippen LogP contribution in [0.3, 0.4) is 0 Å². The van der Waals surface area contributed by atoms with E-state index in [2.05, 4.69) is 36.7 Å². The number of halogens is 1. The first-order valence-corrected chi connectivity index (χ1v) is 14.5. The monoisotopic (exact) mass is 668 g/mol. The highest BCUT2D eigenvalue weighted by molar-refractivity contribution is 6.31. The van der Waals surface area contributed by atoms with Crippen LogP contribution in [-0.4, -0.2) is 116 Å². The number of fused-ring (bicyclic) bond motifs is 3. The first kappa shape index (κ1) is 36.1. The largest absolute Gasteiger partial charge is 0.478 e. The van der Waals surface area contributed by atoms with Gasteiger partial charge in [0.2, 0.25) is 5.95 Å². The van der Waals surface area contributed by atoms with Crippen LogP contribution in [0.4, 0.5) is 5.95 Å². The summed E-state index contributed by atoms with van der Waals surface area (Å²) in [6.07, 6.45) is 2.23. The highest BCUT2D eigenvalue weighted by Gasteiger charge is 2.27. The number of rotatable bonds is 9. The van der Waals surface area contributed by atoms with E-state index in [1.165, 1.54) is 0 Å². The molecule has 0 radical (unpaired) electrons. The Morgan fingerprint density at radius 2 is 1.40 bits per heavy atom. The zero-order chi connectivity index (χ0) is 34.3. The molecule has 3 aromatic rings. The molecule has 2 aliphatic heterocycles. The van der Waals surface area contributed by atoms with Crippen LogP contribution in [0.1, 0.15) is 17.0 Å². The summed E-state index contributed by atoms with van der Waals surface area (Å²) in [5.41, 5.74) is 4.01. The van der Waals surface area contributed by atoms with E-state index < -0.39 is 23.9 Å². The number of aliphatic imine (C=N–C) groups is 1. The maximum absolute atomic E-state index is 9.55. The number of anilines is 1. The Morgan fingerprint density at radius 3 is 1.94 bits per heavy atom. The van der Waals surface area contributed by atoms with E-state index in [4.69, 9.17) is 41.8 Å². The SMILES string of the molecule is COCCN1CCN(c2nnc3n2-c2ccc(Cl)cc2C(c2ccccc2)=NC3)CC1.O=C(O)/C=C/C(=O)O.O=C(O)/C=C/C(=O)O. The van der Waals surface area contributed by atoms with Crippen molar-refractivity contribution in [3.8, 4) is 5.69 Å².